The number of fused-ring (bicyclic) bond motifs is 1. The molecule has 0 aliphatic rings. The minimum absolute atomic E-state index is 0.490. The second-order valence-electron chi connectivity index (χ2n) is 3.69. The van der Waals surface area contributed by atoms with Gasteiger partial charge in [-0.15, -0.1) is 0 Å². The molecule has 14 heavy (non-hydrogen) atoms. The van der Waals surface area contributed by atoms with E-state index in [0.29, 0.717) is 6.42 Å². The lowest BCUT2D eigenvalue weighted by molar-refractivity contribution is -0.107. The molecule has 0 aliphatic heterocycles. The van der Waals surface area contributed by atoms with Crippen LogP contribution in [-0.4, -0.2) is 11.3 Å². The number of aromatic nitrogens is 1. The summed E-state index contributed by atoms with van der Waals surface area (Å²) < 4.78 is 0. The van der Waals surface area contributed by atoms with Gasteiger partial charge in [0.05, 0.1) is 0 Å². The molecule has 0 radical (unpaired) electrons. The first-order chi connectivity index (χ1) is 6.72. The number of hydrogen-bond donors (Lipinski definition) is 1. The van der Waals surface area contributed by atoms with Gasteiger partial charge in [-0.1, -0.05) is 6.07 Å². The van der Waals surface area contributed by atoms with Crippen molar-refractivity contribution >= 4 is 17.2 Å². The summed E-state index contributed by atoms with van der Waals surface area (Å²) in [6, 6.07) is 4.25. The van der Waals surface area contributed by atoms with Crippen molar-refractivity contribution in [1.82, 2.24) is 4.98 Å². The first-order valence-electron chi connectivity index (χ1n) is 4.73. The number of hydrogen-bond acceptors (Lipinski definition) is 1. The van der Waals surface area contributed by atoms with Crippen molar-refractivity contribution in [2.75, 3.05) is 0 Å². The Kier molecular flexibility index (Phi) is 2.12. The van der Waals surface area contributed by atoms with E-state index in [1.54, 1.807) is 0 Å². The van der Waals surface area contributed by atoms with E-state index in [4.69, 9.17) is 0 Å². The van der Waals surface area contributed by atoms with E-state index in [1.165, 1.54) is 16.5 Å². The SMILES string of the molecule is Cc1cc(C)c2c(CC=O)c[nH]c2c1. The molecule has 2 heteroatoms. The number of benzene rings is 1. The third-order valence-electron chi connectivity index (χ3n) is 2.51. The second kappa shape index (κ2) is 3.29. The molecule has 0 bridgehead atoms. The summed E-state index contributed by atoms with van der Waals surface area (Å²) in [6.45, 7) is 4.16. The summed E-state index contributed by atoms with van der Waals surface area (Å²) in [5.41, 5.74) is 4.69. The number of aromatic amines is 1. The van der Waals surface area contributed by atoms with Crippen LogP contribution in [0.1, 0.15) is 16.7 Å². The van der Waals surface area contributed by atoms with Gasteiger partial charge in [-0.2, -0.15) is 0 Å². The normalized spacial score (nSPS) is 10.7. The van der Waals surface area contributed by atoms with Gasteiger partial charge in [0.25, 0.3) is 0 Å². The standard InChI is InChI=1S/C12H13NO/c1-8-5-9(2)12-10(3-4-14)7-13-11(12)6-8/h4-7,13H,3H2,1-2H3. The number of aryl methyl sites for hydroxylation is 2. The second-order valence-corrected chi connectivity index (χ2v) is 3.69. The van der Waals surface area contributed by atoms with Crippen molar-refractivity contribution < 1.29 is 4.79 Å². The molecule has 0 aliphatic carbocycles. The predicted molar refractivity (Wildman–Crippen MR) is 57.5 cm³/mol. The fourth-order valence-electron chi connectivity index (χ4n) is 2.00. The van der Waals surface area contributed by atoms with E-state index < -0.39 is 0 Å². The molecule has 1 aromatic carbocycles. The van der Waals surface area contributed by atoms with Crippen LogP contribution in [0.3, 0.4) is 0 Å². The van der Waals surface area contributed by atoms with Crippen LogP contribution in [0.25, 0.3) is 10.9 Å². The van der Waals surface area contributed by atoms with Crippen LogP contribution in [0.2, 0.25) is 0 Å². The highest BCUT2D eigenvalue weighted by atomic mass is 16.1. The summed E-state index contributed by atoms with van der Waals surface area (Å²) in [6.07, 6.45) is 3.36. The van der Waals surface area contributed by atoms with Gasteiger partial charge < -0.3 is 9.78 Å². The summed E-state index contributed by atoms with van der Waals surface area (Å²) in [5, 5.41) is 1.20. The molecule has 0 amide bonds. The Balaban J connectivity index is 2.72. The Hall–Kier alpha value is -1.57. The number of rotatable bonds is 2. The summed E-state index contributed by atoms with van der Waals surface area (Å²) in [7, 11) is 0. The van der Waals surface area contributed by atoms with Crippen LogP contribution in [0, 0.1) is 13.8 Å². The van der Waals surface area contributed by atoms with Crippen LogP contribution in [0.5, 0.6) is 0 Å². The fraction of sp³-hybridized carbons (Fsp3) is 0.250. The average molecular weight is 187 g/mol. The first-order valence-corrected chi connectivity index (χ1v) is 4.73. The highest BCUT2D eigenvalue weighted by Crippen LogP contribution is 2.23. The third kappa shape index (κ3) is 1.33. The molecule has 1 heterocycles. The predicted octanol–water partition coefficient (Wildman–Crippen LogP) is 2.53. The molecule has 2 nitrogen and oxygen atoms in total. The average Bonchev–Trinajstić information content (AvgIpc) is 2.49. The Morgan fingerprint density at radius 3 is 2.86 bits per heavy atom. The summed E-state index contributed by atoms with van der Waals surface area (Å²) >= 11 is 0. The van der Waals surface area contributed by atoms with Gasteiger partial charge in [-0.3, -0.25) is 0 Å². The molecule has 0 fully saturated rings. The Labute approximate surface area is 82.9 Å². The highest BCUT2D eigenvalue weighted by Gasteiger charge is 2.06. The summed E-state index contributed by atoms with van der Waals surface area (Å²) in [5.74, 6) is 0. The van der Waals surface area contributed by atoms with Crippen molar-refractivity contribution in [1.29, 1.82) is 0 Å². The van der Waals surface area contributed by atoms with Crippen LogP contribution >= 0.6 is 0 Å². The summed E-state index contributed by atoms with van der Waals surface area (Å²) in [4.78, 5) is 13.7. The maximum Gasteiger partial charge on any atom is 0.124 e. The molecule has 0 saturated carbocycles. The van der Waals surface area contributed by atoms with Crippen molar-refractivity contribution in [3.63, 3.8) is 0 Å². The van der Waals surface area contributed by atoms with Gasteiger partial charge in [-0.25, -0.2) is 0 Å². The monoisotopic (exact) mass is 187 g/mol. The number of H-pyrrole nitrogens is 1. The number of carbonyl (C=O) groups excluding carboxylic acids is 1. The molecule has 1 N–H and O–H groups in total. The van der Waals surface area contributed by atoms with Gasteiger partial charge >= 0.3 is 0 Å². The molecule has 1 aromatic heterocycles. The smallest absolute Gasteiger partial charge is 0.124 e. The quantitative estimate of drug-likeness (QED) is 0.720. The number of nitrogens with one attached hydrogen (secondary N) is 1. The topological polar surface area (TPSA) is 32.9 Å². The van der Waals surface area contributed by atoms with Crippen molar-refractivity contribution in [3.8, 4) is 0 Å². The Bertz CT molecular complexity index is 482. The lowest BCUT2D eigenvalue weighted by Crippen LogP contribution is -1.85. The van der Waals surface area contributed by atoms with Gasteiger partial charge in [0.2, 0.25) is 0 Å². The minimum atomic E-state index is 0.490. The molecular formula is C12H13NO. The Morgan fingerprint density at radius 2 is 2.14 bits per heavy atom. The third-order valence-corrected chi connectivity index (χ3v) is 2.51. The van der Waals surface area contributed by atoms with Gasteiger partial charge in [0.1, 0.15) is 6.29 Å². The molecule has 0 saturated heterocycles. The van der Waals surface area contributed by atoms with E-state index in [0.717, 1.165) is 17.4 Å². The van der Waals surface area contributed by atoms with Crippen molar-refractivity contribution in [2.45, 2.75) is 20.3 Å². The molecular weight excluding hydrogens is 174 g/mol. The molecule has 0 unspecified atom stereocenters. The van der Waals surface area contributed by atoms with E-state index in [9.17, 15) is 4.79 Å². The van der Waals surface area contributed by atoms with Crippen molar-refractivity contribution in [2.24, 2.45) is 0 Å². The zero-order valence-corrected chi connectivity index (χ0v) is 8.42. The van der Waals surface area contributed by atoms with E-state index in [2.05, 4.69) is 31.0 Å². The Morgan fingerprint density at radius 1 is 1.36 bits per heavy atom. The number of aldehydes is 1. The molecule has 0 spiro atoms. The lowest BCUT2D eigenvalue weighted by atomic mass is 10.0. The largest absolute Gasteiger partial charge is 0.361 e. The van der Waals surface area contributed by atoms with E-state index >= 15 is 0 Å². The lowest BCUT2D eigenvalue weighted by Gasteiger charge is -2.00. The van der Waals surface area contributed by atoms with Crippen LogP contribution in [-0.2, 0) is 11.2 Å². The molecule has 0 atom stereocenters. The molecule has 2 aromatic rings. The first kappa shape index (κ1) is 9.00. The zero-order chi connectivity index (χ0) is 10.1. The maximum absolute atomic E-state index is 10.5. The van der Waals surface area contributed by atoms with Crippen LogP contribution < -0.4 is 0 Å². The van der Waals surface area contributed by atoms with Gasteiger partial charge in [-0.05, 0) is 36.6 Å². The van der Waals surface area contributed by atoms with Crippen LogP contribution in [0.4, 0.5) is 0 Å². The van der Waals surface area contributed by atoms with E-state index in [1.807, 2.05) is 6.20 Å². The number of carbonyl (C=O) groups is 1. The maximum atomic E-state index is 10.5. The highest BCUT2D eigenvalue weighted by molar-refractivity contribution is 5.88. The van der Waals surface area contributed by atoms with Crippen molar-refractivity contribution in [3.05, 3.63) is 35.0 Å². The van der Waals surface area contributed by atoms with Crippen LogP contribution in [0.15, 0.2) is 18.3 Å². The van der Waals surface area contributed by atoms with Gasteiger partial charge in [0, 0.05) is 23.5 Å². The zero-order valence-electron chi connectivity index (χ0n) is 8.42. The minimum Gasteiger partial charge on any atom is -0.361 e. The van der Waals surface area contributed by atoms with Gasteiger partial charge in [0.15, 0.2) is 0 Å². The fourth-order valence-corrected chi connectivity index (χ4v) is 2.00. The van der Waals surface area contributed by atoms with E-state index in [-0.39, 0.29) is 0 Å². The molecule has 72 valence electrons. The molecule has 2 rings (SSSR count).